The third-order valence-corrected chi connectivity index (χ3v) is 3.86. The monoisotopic (exact) mass is 368 g/mol. The first-order valence-electron chi connectivity index (χ1n) is 6.49. The van der Waals surface area contributed by atoms with Crippen LogP contribution in [0.3, 0.4) is 0 Å². The standard InChI is InChI=1S/C14H6Cl2N2O6/c15-9(19)3-17-11(21)5-1-6-8(2-7(5)13(17)23)14(24)18(12(6)22)4-10(16)20/h1-2H,3-4H2. The molecule has 0 aliphatic rings. The normalized spacial score (nSPS) is 11.4. The molecule has 122 valence electrons. The second kappa shape index (κ2) is 5.50. The topological polar surface area (TPSA) is 112 Å². The number of halogens is 2. The van der Waals surface area contributed by atoms with Crippen LogP contribution < -0.4 is 22.2 Å². The van der Waals surface area contributed by atoms with Crippen molar-refractivity contribution < 1.29 is 9.59 Å². The summed E-state index contributed by atoms with van der Waals surface area (Å²) in [5, 5.41) is -2.27. The van der Waals surface area contributed by atoms with Crippen LogP contribution in [0.25, 0.3) is 21.5 Å². The SMILES string of the molecule is O=C(Cl)Cn1c(=O)c2cc3c(=O)n(CC(=O)Cl)c(=O)c3cc2c1=O. The molecule has 0 bridgehead atoms. The Morgan fingerprint density at radius 2 is 0.917 bits per heavy atom. The van der Waals surface area contributed by atoms with E-state index in [1.807, 2.05) is 0 Å². The lowest BCUT2D eigenvalue weighted by atomic mass is 10.1. The molecule has 3 rings (SSSR count). The van der Waals surface area contributed by atoms with Crippen LogP contribution in [-0.4, -0.2) is 19.6 Å². The van der Waals surface area contributed by atoms with Crippen LogP contribution in [0.4, 0.5) is 0 Å². The van der Waals surface area contributed by atoms with Gasteiger partial charge in [0.25, 0.3) is 22.2 Å². The third-order valence-electron chi connectivity index (χ3n) is 3.62. The van der Waals surface area contributed by atoms with Crippen LogP contribution in [-0.2, 0) is 22.7 Å². The average Bonchev–Trinajstić information content (AvgIpc) is 2.86. The Morgan fingerprint density at radius 3 is 1.12 bits per heavy atom. The number of carbonyl (C=O) groups excluding carboxylic acids is 2. The van der Waals surface area contributed by atoms with E-state index in [2.05, 4.69) is 0 Å². The van der Waals surface area contributed by atoms with E-state index in [0.717, 1.165) is 12.1 Å². The summed E-state index contributed by atoms with van der Waals surface area (Å²) < 4.78 is 1.26. The molecule has 2 heterocycles. The van der Waals surface area contributed by atoms with Crippen LogP contribution in [0, 0.1) is 0 Å². The van der Waals surface area contributed by atoms with Gasteiger partial charge in [-0.1, -0.05) is 0 Å². The van der Waals surface area contributed by atoms with E-state index in [9.17, 15) is 28.8 Å². The molecular formula is C14H6Cl2N2O6. The minimum absolute atomic E-state index is 0.114. The lowest BCUT2D eigenvalue weighted by Crippen LogP contribution is -2.28. The lowest BCUT2D eigenvalue weighted by Gasteiger charge is -1.92. The molecule has 0 aliphatic carbocycles. The van der Waals surface area contributed by atoms with E-state index in [4.69, 9.17) is 23.2 Å². The number of benzene rings is 1. The number of carbonyl (C=O) groups is 2. The zero-order valence-electron chi connectivity index (χ0n) is 11.7. The number of aromatic nitrogens is 2. The van der Waals surface area contributed by atoms with Crippen molar-refractivity contribution in [2.24, 2.45) is 0 Å². The molecular weight excluding hydrogens is 363 g/mol. The molecule has 0 unspecified atom stereocenters. The van der Waals surface area contributed by atoms with Crippen molar-refractivity contribution in [2.45, 2.75) is 13.1 Å². The van der Waals surface area contributed by atoms with E-state index in [0.29, 0.717) is 9.13 Å². The van der Waals surface area contributed by atoms with Gasteiger partial charge in [0.2, 0.25) is 10.5 Å². The number of nitrogens with zero attached hydrogens (tertiary/aromatic N) is 2. The van der Waals surface area contributed by atoms with Gasteiger partial charge in [-0.05, 0) is 35.3 Å². The van der Waals surface area contributed by atoms with Crippen molar-refractivity contribution in [3.8, 4) is 0 Å². The molecule has 0 aliphatic heterocycles. The summed E-state index contributed by atoms with van der Waals surface area (Å²) in [7, 11) is 0. The Balaban J connectivity index is 2.43. The van der Waals surface area contributed by atoms with Gasteiger partial charge in [0.15, 0.2) is 0 Å². The summed E-state index contributed by atoms with van der Waals surface area (Å²) in [5.74, 6) is 0. The maximum Gasteiger partial charge on any atom is 0.262 e. The highest BCUT2D eigenvalue weighted by Gasteiger charge is 2.20. The second-order valence-corrected chi connectivity index (χ2v) is 5.89. The molecule has 0 amide bonds. The summed E-state index contributed by atoms with van der Waals surface area (Å²) in [6.45, 7) is -1.24. The molecule has 1 aromatic carbocycles. The van der Waals surface area contributed by atoms with Crippen LogP contribution in [0.2, 0.25) is 0 Å². The zero-order chi connectivity index (χ0) is 17.8. The molecule has 0 saturated carbocycles. The van der Waals surface area contributed by atoms with Gasteiger partial charge < -0.3 is 0 Å². The Hall–Kier alpha value is -2.58. The first kappa shape index (κ1) is 16.3. The highest BCUT2D eigenvalue weighted by atomic mass is 35.5. The maximum absolute atomic E-state index is 12.2. The molecule has 0 radical (unpaired) electrons. The fourth-order valence-corrected chi connectivity index (χ4v) is 2.85. The Morgan fingerprint density at radius 1 is 0.667 bits per heavy atom. The number of fused-ring (bicyclic) bond motifs is 2. The molecule has 2 aromatic heterocycles. The van der Waals surface area contributed by atoms with Gasteiger partial charge in [0, 0.05) is 0 Å². The van der Waals surface area contributed by atoms with Gasteiger partial charge in [-0.3, -0.25) is 37.9 Å². The van der Waals surface area contributed by atoms with Crippen molar-refractivity contribution in [1.29, 1.82) is 0 Å². The average molecular weight is 369 g/mol. The van der Waals surface area contributed by atoms with Gasteiger partial charge in [0.05, 0.1) is 21.5 Å². The minimum atomic E-state index is -0.906. The summed E-state index contributed by atoms with van der Waals surface area (Å²) in [4.78, 5) is 70.7. The zero-order valence-corrected chi connectivity index (χ0v) is 13.2. The first-order valence-corrected chi connectivity index (χ1v) is 7.25. The lowest BCUT2D eigenvalue weighted by molar-refractivity contribution is -0.113. The Labute approximate surface area is 141 Å². The van der Waals surface area contributed by atoms with Gasteiger partial charge in [0.1, 0.15) is 13.1 Å². The second-order valence-electron chi connectivity index (χ2n) is 5.05. The van der Waals surface area contributed by atoms with Crippen LogP contribution in [0.1, 0.15) is 0 Å². The number of rotatable bonds is 4. The molecule has 3 aromatic rings. The quantitative estimate of drug-likeness (QED) is 0.570. The minimum Gasteiger partial charge on any atom is -0.279 e. The Kier molecular flexibility index (Phi) is 3.73. The molecule has 10 heteroatoms. The van der Waals surface area contributed by atoms with Crippen LogP contribution >= 0.6 is 23.2 Å². The molecule has 24 heavy (non-hydrogen) atoms. The Bertz CT molecular complexity index is 1070. The highest BCUT2D eigenvalue weighted by Crippen LogP contribution is 2.14. The fraction of sp³-hybridized carbons (Fsp3) is 0.143. The van der Waals surface area contributed by atoms with Crippen molar-refractivity contribution in [1.82, 2.24) is 9.13 Å². The van der Waals surface area contributed by atoms with Gasteiger partial charge in [-0.25, -0.2) is 0 Å². The van der Waals surface area contributed by atoms with E-state index in [1.54, 1.807) is 0 Å². The molecule has 0 spiro atoms. The van der Waals surface area contributed by atoms with Crippen LogP contribution in [0.15, 0.2) is 31.3 Å². The van der Waals surface area contributed by atoms with Crippen molar-refractivity contribution >= 4 is 55.2 Å². The fourth-order valence-electron chi connectivity index (χ4n) is 2.61. The van der Waals surface area contributed by atoms with E-state index >= 15 is 0 Å². The van der Waals surface area contributed by atoms with Gasteiger partial charge in [-0.15, -0.1) is 0 Å². The summed E-state index contributed by atoms with van der Waals surface area (Å²) >= 11 is 10.4. The van der Waals surface area contributed by atoms with Crippen molar-refractivity contribution in [3.63, 3.8) is 0 Å². The summed E-state index contributed by atoms with van der Waals surface area (Å²) in [5.41, 5.74) is -3.17. The van der Waals surface area contributed by atoms with Crippen LogP contribution in [0.5, 0.6) is 0 Å². The number of hydrogen-bond acceptors (Lipinski definition) is 6. The highest BCUT2D eigenvalue weighted by molar-refractivity contribution is 6.63. The number of hydrogen-bond donors (Lipinski definition) is 0. The smallest absolute Gasteiger partial charge is 0.262 e. The van der Waals surface area contributed by atoms with Crippen molar-refractivity contribution in [2.75, 3.05) is 0 Å². The predicted molar refractivity (Wildman–Crippen MR) is 86.6 cm³/mol. The van der Waals surface area contributed by atoms with Gasteiger partial charge >= 0.3 is 0 Å². The van der Waals surface area contributed by atoms with E-state index in [-0.39, 0.29) is 21.5 Å². The molecule has 8 nitrogen and oxygen atoms in total. The molecule has 0 saturated heterocycles. The largest absolute Gasteiger partial charge is 0.279 e. The molecule has 0 atom stereocenters. The van der Waals surface area contributed by atoms with Crippen molar-refractivity contribution in [3.05, 3.63) is 53.5 Å². The maximum atomic E-state index is 12.2. The summed E-state index contributed by atoms with van der Waals surface area (Å²) in [6, 6.07) is 2.20. The van der Waals surface area contributed by atoms with Gasteiger partial charge in [-0.2, -0.15) is 0 Å². The summed E-state index contributed by atoms with van der Waals surface area (Å²) in [6.07, 6.45) is 0. The molecule has 0 N–H and O–H groups in total. The van der Waals surface area contributed by atoms with E-state index in [1.165, 1.54) is 0 Å². The third kappa shape index (κ3) is 2.31. The molecule has 0 fully saturated rings. The predicted octanol–water partition coefficient (Wildman–Crippen LogP) is -0.557. The first-order chi connectivity index (χ1) is 11.2. The van der Waals surface area contributed by atoms with E-state index < -0.39 is 45.8 Å².